The number of rotatable bonds is 4. The van der Waals surface area contributed by atoms with Gasteiger partial charge in [-0.25, -0.2) is 0 Å². The molecule has 0 saturated carbocycles. The lowest BCUT2D eigenvalue weighted by molar-refractivity contribution is 1.63. The van der Waals surface area contributed by atoms with Crippen molar-refractivity contribution in [2.24, 2.45) is 0 Å². The van der Waals surface area contributed by atoms with Gasteiger partial charge in [0.2, 0.25) is 0 Å². The first-order valence-corrected chi connectivity index (χ1v) is 20.9. The van der Waals surface area contributed by atoms with Crippen LogP contribution in [0.3, 0.4) is 0 Å². The van der Waals surface area contributed by atoms with Crippen molar-refractivity contribution in [1.29, 1.82) is 0 Å². The number of hydrogen-bond donors (Lipinski definition) is 0. The first kappa shape index (κ1) is 33.2. The molecule has 1 aliphatic rings. The molecule has 1 aliphatic carbocycles. The molecule has 60 heavy (non-hydrogen) atoms. The van der Waals surface area contributed by atoms with E-state index in [9.17, 15) is 0 Å². The zero-order chi connectivity index (χ0) is 39.3. The van der Waals surface area contributed by atoms with Gasteiger partial charge in [-0.15, -0.1) is 0 Å². The van der Waals surface area contributed by atoms with Gasteiger partial charge < -0.3 is 0 Å². The molecule has 0 aromatic heterocycles. The van der Waals surface area contributed by atoms with E-state index in [4.69, 9.17) is 0 Å². The van der Waals surface area contributed by atoms with Gasteiger partial charge in [-0.1, -0.05) is 182 Å². The van der Waals surface area contributed by atoms with Crippen molar-refractivity contribution in [1.82, 2.24) is 0 Å². The van der Waals surface area contributed by atoms with E-state index in [1.54, 1.807) is 0 Å². The van der Waals surface area contributed by atoms with Crippen molar-refractivity contribution in [2.45, 2.75) is 0 Å². The van der Waals surface area contributed by atoms with Gasteiger partial charge in [-0.2, -0.15) is 0 Å². The van der Waals surface area contributed by atoms with E-state index in [1.165, 1.54) is 131 Å². The van der Waals surface area contributed by atoms with Crippen LogP contribution in [0.2, 0.25) is 0 Å². The molecule has 0 bridgehead atoms. The number of hydrogen-bond acceptors (Lipinski definition) is 0. The zero-order valence-corrected chi connectivity index (χ0v) is 32.8. The molecule has 0 amide bonds. The van der Waals surface area contributed by atoms with Gasteiger partial charge in [-0.05, 0) is 168 Å². The quantitative estimate of drug-likeness (QED) is 0.157. The molecule has 12 aromatic carbocycles. The van der Waals surface area contributed by atoms with Crippen molar-refractivity contribution in [3.05, 3.63) is 218 Å². The van der Waals surface area contributed by atoms with E-state index in [-0.39, 0.29) is 0 Å². The summed E-state index contributed by atoms with van der Waals surface area (Å²) >= 11 is 0. The summed E-state index contributed by atoms with van der Waals surface area (Å²) in [7, 11) is 0. The predicted octanol–water partition coefficient (Wildman–Crippen LogP) is 16.9. The summed E-state index contributed by atoms with van der Waals surface area (Å²) < 4.78 is 0. The summed E-state index contributed by atoms with van der Waals surface area (Å²) in [5.74, 6) is 0. The Labute approximate surface area is 348 Å². The fourth-order valence-corrected chi connectivity index (χ4v) is 10.3. The van der Waals surface area contributed by atoms with Gasteiger partial charge >= 0.3 is 0 Å². The Morgan fingerprint density at radius 2 is 0.717 bits per heavy atom. The molecule has 0 aliphatic heterocycles. The van der Waals surface area contributed by atoms with E-state index >= 15 is 0 Å². The lowest BCUT2D eigenvalue weighted by Crippen LogP contribution is -1.89. The predicted molar refractivity (Wildman–Crippen MR) is 258 cm³/mol. The van der Waals surface area contributed by atoms with Gasteiger partial charge in [0, 0.05) is 0 Å². The summed E-state index contributed by atoms with van der Waals surface area (Å²) in [5, 5.41) is 15.4. The highest BCUT2D eigenvalue weighted by atomic mass is 14.3. The van der Waals surface area contributed by atoms with Gasteiger partial charge in [0.05, 0.1) is 0 Å². The van der Waals surface area contributed by atoms with Gasteiger partial charge in [-0.3, -0.25) is 0 Å². The second-order valence-corrected chi connectivity index (χ2v) is 16.4. The maximum Gasteiger partial charge on any atom is -0.00201 e. The van der Waals surface area contributed by atoms with Crippen LogP contribution in [-0.4, -0.2) is 0 Å². The van der Waals surface area contributed by atoms with Crippen LogP contribution in [-0.2, 0) is 0 Å². The second-order valence-electron chi connectivity index (χ2n) is 16.4. The highest BCUT2D eigenvalue weighted by molar-refractivity contribution is 6.24. The smallest absolute Gasteiger partial charge is 0.00201 e. The lowest BCUT2D eigenvalue weighted by Gasteiger charge is -2.16. The van der Waals surface area contributed by atoms with Crippen LogP contribution in [0, 0.1) is 0 Å². The molecule has 0 fully saturated rings. The highest BCUT2D eigenvalue weighted by Crippen LogP contribution is 2.50. The van der Waals surface area contributed by atoms with Crippen LogP contribution in [0.1, 0.15) is 0 Å². The van der Waals surface area contributed by atoms with Crippen LogP contribution in [0.5, 0.6) is 0 Å². The Kier molecular flexibility index (Phi) is 7.11. The molecule has 0 unspecified atom stereocenters. The summed E-state index contributed by atoms with van der Waals surface area (Å²) in [6.45, 7) is 0. The molecule has 0 spiro atoms. The summed E-state index contributed by atoms with van der Waals surface area (Å²) in [6.07, 6.45) is 0. The lowest BCUT2D eigenvalue weighted by atomic mass is 9.87. The Balaban J connectivity index is 0.908. The average molecular weight is 757 g/mol. The molecule has 0 heteroatoms. The van der Waals surface area contributed by atoms with Crippen LogP contribution < -0.4 is 0 Å². The zero-order valence-electron chi connectivity index (χ0n) is 32.8. The van der Waals surface area contributed by atoms with Gasteiger partial charge in [0.25, 0.3) is 0 Å². The van der Waals surface area contributed by atoms with Gasteiger partial charge in [0.1, 0.15) is 0 Å². The van der Waals surface area contributed by atoms with Crippen LogP contribution >= 0.6 is 0 Å². The Bertz CT molecular complexity index is 3760. The first-order valence-electron chi connectivity index (χ1n) is 20.9. The van der Waals surface area contributed by atoms with Crippen molar-refractivity contribution in [3.63, 3.8) is 0 Å². The molecule has 276 valence electrons. The van der Waals surface area contributed by atoms with E-state index in [2.05, 4.69) is 218 Å². The second kappa shape index (κ2) is 12.9. The molecule has 12 aromatic rings. The molecule has 0 saturated heterocycles. The summed E-state index contributed by atoms with van der Waals surface area (Å²) in [6, 6.07) is 81.4. The van der Waals surface area contributed by atoms with E-state index in [0.29, 0.717) is 0 Å². The Hall–Kier alpha value is -7.80. The minimum absolute atomic E-state index is 1.22. The van der Waals surface area contributed by atoms with Crippen molar-refractivity contribution in [2.75, 3.05) is 0 Å². The number of fused-ring (bicyclic) bond motifs is 10. The molecular formula is C60H36. The molecule has 13 rings (SSSR count). The topological polar surface area (TPSA) is 0 Å². The molecule has 0 radical (unpaired) electrons. The van der Waals surface area contributed by atoms with E-state index in [1.807, 2.05) is 0 Å². The highest BCUT2D eigenvalue weighted by Gasteiger charge is 2.23. The standard InChI is InChI=1S/C60H36/c1-2-11-37(12-3-1)48-29-30-55-51-28-27-42(34-58(51)54-20-10-19-52(48)60(54)55)40-22-23-41-32-44(25-24-39(41)31-40)56-36-46(33-43-14-5-6-15-47(43)56)57-35-45-26-21-38-13-4-7-16-49(38)59(45)53-18-9-8-17-50(53)57/h1-36H. The fourth-order valence-electron chi connectivity index (χ4n) is 10.3. The third kappa shape index (κ3) is 4.98. The molecule has 0 atom stereocenters. The third-order valence-electron chi connectivity index (χ3n) is 13.1. The van der Waals surface area contributed by atoms with Gasteiger partial charge in [0.15, 0.2) is 0 Å². The van der Waals surface area contributed by atoms with Crippen LogP contribution in [0.15, 0.2) is 218 Å². The largest absolute Gasteiger partial charge is 0.0622 e. The molecular weight excluding hydrogens is 721 g/mol. The first-order chi connectivity index (χ1) is 29.7. The maximum atomic E-state index is 2.42. The van der Waals surface area contributed by atoms with Crippen molar-refractivity contribution < 1.29 is 0 Å². The summed E-state index contributed by atoms with van der Waals surface area (Å²) in [5.41, 5.74) is 15.3. The van der Waals surface area contributed by atoms with E-state index < -0.39 is 0 Å². The Morgan fingerprint density at radius 3 is 1.58 bits per heavy atom. The molecule has 0 heterocycles. The minimum atomic E-state index is 1.22. The molecule has 0 N–H and O–H groups in total. The number of benzene rings is 12. The van der Waals surface area contributed by atoms with Crippen LogP contribution in [0.25, 0.3) is 131 Å². The van der Waals surface area contributed by atoms with Crippen molar-refractivity contribution in [3.8, 4) is 66.8 Å². The van der Waals surface area contributed by atoms with Crippen molar-refractivity contribution >= 4 is 64.6 Å². The van der Waals surface area contributed by atoms with Crippen LogP contribution in [0.4, 0.5) is 0 Å². The fraction of sp³-hybridized carbons (Fsp3) is 0. The van der Waals surface area contributed by atoms with E-state index in [0.717, 1.165) is 0 Å². The SMILES string of the molecule is c1ccc(-c2ccc3c4c(cccc24)-c2cc(-c4ccc5cc(-c6cc(-c7cc8ccc9ccccc9c8c8ccccc78)cc7ccccc67)ccc5c4)ccc2-3)cc1. The average Bonchev–Trinajstić information content (AvgIpc) is 3.64. The molecule has 0 nitrogen and oxygen atoms in total. The Morgan fingerprint density at radius 1 is 0.167 bits per heavy atom. The maximum absolute atomic E-state index is 2.42. The minimum Gasteiger partial charge on any atom is -0.0622 e. The summed E-state index contributed by atoms with van der Waals surface area (Å²) in [4.78, 5) is 0. The third-order valence-corrected chi connectivity index (χ3v) is 13.1. The monoisotopic (exact) mass is 756 g/mol. The normalized spacial score (nSPS) is 12.0.